The van der Waals surface area contributed by atoms with Crippen LogP contribution in [0.5, 0.6) is 5.75 Å². The molecule has 0 spiro atoms. The predicted octanol–water partition coefficient (Wildman–Crippen LogP) is 3.89. The molecule has 0 amide bonds. The lowest BCUT2D eigenvalue weighted by molar-refractivity contribution is -0.274. The normalized spacial score (nSPS) is 15.8. The average molecular weight is 378 g/mol. The van der Waals surface area contributed by atoms with E-state index in [1.165, 1.54) is 12.1 Å². The van der Waals surface area contributed by atoms with Crippen molar-refractivity contribution in [3.63, 3.8) is 0 Å². The van der Waals surface area contributed by atoms with Gasteiger partial charge >= 0.3 is 6.36 Å². The molecule has 9 heteroatoms. The van der Waals surface area contributed by atoms with Gasteiger partial charge in [-0.25, -0.2) is 9.50 Å². The number of fused-ring (bicyclic) bond motifs is 1. The van der Waals surface area contributed by atoms with E-state index in [0.29, 0.717) is 28.8 Å². The SMILES string of the molecule is FC(F)(F)Oc1ccc(-c2cnc3ccc(NC4CCOCC4)nn23)cc1. The van der Waals surface area contributed by atoms with Gasteiger partial charge in [-0.3, -0.25) is 0 Å². The molecule has 0 atom stereocenters. The Bertz CT molecular complexity index is 918. The number of anilines is 1. The molecule has 1 fully saturated rings. The summed E-state index contributed by atoms with van der Waals surface area (Å²) in [5.41, 5.74) is 2.02. The number of hydrogen-bond donors (Lipinski definition) is 1. The van der Waals surface area contributed by atoms with Crippen LogP contribution in [0.1, 0.15) is 12.8 Å². The maximum Gasteiger partial charge on any atom is 0.573 e. The number of rotatable bonds is 4. The van der Waals surface area contributed by atoms with Crippen molar-refractivity contribution in [2.45, 2.75) is 25.2 Å². The highest BCUT2D eigenvalue weighted by atomic mass is 19.4. The van der Waals surface area contributed by atoms with Crippen molar-refractivity contribution in [1.82, 2.24) is 14.6 Å². The zero-order valence-electron chi connectivity index (χ0n) is 14.2. The van der Waals surface area contributed by atoms with Crippen LogP contribution >= 0.6 is 0 Å². The van der Waals surface area contributed by atoms with E-state index < -0.39 is 6.36 Å². The Kier molecular flexibility index (Phi) is 4.61. The zero-order valence-corrected chi connectivity index (χ0v) is 14.2. The summed E-state index contributed by atoms with van der Waals surface area (Å²) in [5.74, 6) is 0.445. The second kappa shape index (κ2) is 7.07. The van der Waals surface area contributed by atoms with Gasteiger partial charge in [-0.05, 0) is 49.2 Å². The summed E-state index contributed by atoms with van der Waals surface area (Å²) in [5, 5.41) is 7.97. The molecule has 1 N–H and O–H groups in total. The molecule has 2 aromatic heterocycles. The molecule has 0 unspecified atom stereocenters. The molecule has 1 saturated heterocycles. The van der Waals surface area contributed by atoms with E-state index >= 15 is 0 Å². The van der Waals surface area contributed by atoms with Crippen molar-refractivity contribution in [2.24, 2.45) is 0 Å². The van der Waals surface area contributed by atoms with Crippen molar-refractivity contribution in [3.05, 3.63) is 42.6 Å². The lowest BCUT2D eigenvalue weighted by atomic mass is 10.1. The first kappa shape index (κ1) is 17.6. The van der Waals surface area contributed by atoms with Crippen LogP contribution in [-0.2, 0) is 4.74 Å². The molecule has 1 aliphatic rings. The van der Waals surface area contributed by atoms with E-state index in [1.807, 2.05) is 12.1 Å². The molecule has 142 valence electrons. The summed E-state index contributed by atoms with van der Waals surface area (Å²) in [6, 6.07) is 9.64. The zero-order chi connectivity index (χ0) is 18.9. The van der Waals surface area contributed by atoms with Crippen LogP contribution in [0.3, 0.4) is 0 Å². The molecule has 3 aromatic rings. The van der Waals surface area contributed by atoms with Crippen LogP contribution in [0.15, 0.2) is 42.6 Å². The average Bonchev–Trinajstić information content (AvgIpc) is 3.05. The highest BCUT2D eigenvalue weighted by Gasteiger charge is 2.31. The molecule has 1 aromatic carbocycles. The second-order valence-electron chi connectivity index (χ2n) is 6.24. The van der Waals surface area contributed by atoms with Gasteiger partial charge in [-0.1, -0.05) is 0 Å². The third kappa shape index (κ3) is 4.13. The molecular weight excluding hydrogens is 361 g/mol. The van der Waals surface area contributed by atoms with E-state index in [2.05, 4.69) is 20.1 Å². The van der Waals surface area contributed by atoms with Gasteiger partial charge in [0.1, 0.15) is 11.6 Å². The van der Waals surface area contributed by atoms with Gasteiger partial charge in [0.15, 0.2) is 5.65 Å². The second-order valence-corrected chi connectivity index (χ2v) is 6.24. The van der Waals surface area contributed by atoms with Crippen LogP contribution in [-0.4, -0.2) is 40.2 Å². The van der Waals surface area contributed by atoms with Crippen molar-refractivity contribution >= 4 is 11.5 Å². The fraction of sp³-hybridized carbons (Fsp3) is 0.333. The number of halogens is 3. The molecule has 3 heterocycles. The number of ether oxygens (including phenoxy) is 2. The quantitative estimate of drug-likeness (QED) is 0.747. The third-order valence-corrected chi connectivity index (χ3v) is 4.32. The number of hydrogen-bond acceptors (Lipinski definition) is 5. The number of nitrogens with zero attached hydrogens (tertiary/aromatic N) is 3. The Hall–Kier alpha value is -2.81. The molecule has 0 saturated carbocycles. The Morgan fingerprint density at radius 3 is 2.52 bits per heavy atom. The minimum atomic E-state index is -4.71. The lowest BCUT2D eigenvalue weighted by Gasteiger charge is -2.23. The molecule has 6 nitrogen and oxygen atoms in total. The van der Waals surface area contributed by atoms with Gasteiger partial charge in [0, 0.05) is 24.8 Å². The summed E-state index contributed by atoms with van der Waals surface area (Å²) in [6.07, 6.45) is -1.24. The predicted molar refractivity (Wildman–Crippen MR) is 92.6 cm³/mol. The minimum Gasteiger partial charge on any atom is -0.406 e. The fourth-order valence-corrected chi connectivity index (χ4v) is 3.03. The topological polar surface area (TPSA) is 60.7 Å². The van der Waals surface area contributed by atoms with Gasteiger partial charge in [-0.15, -0.1) is 18.3 Å². The number of alkyl halides is 3. The largest absolute Gasteiger partial charge is 0.573 e. The fourth-order valence-electron chi connectivity index (χ4n) is 3.03. The van der Waals surface area contributed by atoms with Crippen molar-refractivity contribution in [2.75, 3.05) is 18.5 Å². The van der Waals surface area contributed by atoms with Gasteiger partial charge in [0.05, 0.1) is 11.9 Å². The molecule has 0 aliphatic carbocycles. The van der Waals surface area contributed by atoms with Crippen LogP contribution in [0.2, 0.25) is 0 Å². The van der Waals surface area contributed by atoms with E-state index in [1.54, 1.807) is 22.8 Å². The summed E-state index contributed by atoms with van der Waals surface area (Å²) < 4.78 is 47.8. The summed E-state index contributed by atoms with van der Waals surface area (Å²) in [7, 11) is 0. The smallest absolute Gasteiger partial charge is 0.406 e. The Morgan fingerprint density at radius 1 is 1.07 bits per heavy atom. The standard InChI is InChI=1S/C18H17F3N4O2/c19-18(20,21)27-14-3-1-12(2-4-14)15-11-22-17-6-5-16(24-25(15)17)23-13-7-9-26-10-8-13/h1-6,11,13H,7-10H2,(H,23,24). The van der Waals surface area contributed by atoms with Crippen molar-refractivity contribution < 1.29 is 22.6 Å². The van der Waals surface area contributed by atoms with Crippen LogP contribution in [0.4, 0.5) is 19.0 Å². The molecule has 0 radical (unpaired) electrons. The Labute approximate surface area is 152 Å². The van der Waals surface area contributed by atoms with E-state index in [-0.39, 0.29) is 5.75 Å². The molecule has 1 aliphatic heterocycles. The first-order valence-electron chi connectivity index (χ1n) is 8.53. The first-order chi connectivity index (χ1) is 13.0. The minimum absolute atomic E-state index is 0.269. The van der Waals surface area contributed by atoms with E-state index in [4.69, 9.17) is 4.74 Å². The first-order valence-corrected chi connectivity index (χ1v) is 8.53. The van der Waals surface area contributed by atoms with Crippen LogP contribution in [0, 0.1) is 0 Å². The van der Waals surface area contributed by atoms with Crippen molar-refractivity contribution in [1.29, 1.82) is 0 Å². The summed E-state index contributed by atoms with van der Waals surface area (Å²) in [4.78, 5) is 4.31. The van der Waals surface area contributed by atoms with Gasteiger partial charge in [-0.2, -0.15) is 0 Å². The number of benzene rings is 1. The third-order valence-electron chi connectivity index (χ3n) is 4.32. The van der Waals surface area contributed by atoms with Gasteiger partial charge in [0.25, 0.3) is 0 Å². The number of aromatic nitrogens is 3. The maximum absolute atomic E-state index is 12.3. The number of nitrogens with one attached hydrogen (secondary N) is 1. The molecule has 4 rings (SSSR count). The number of imidazole rings is 1. The van der Waals surface area contributed by atoms with Crippen LogP contribution < -0.4 is 10.1 Å². The molecular formula is C18H17F3N4O2. The molecule has 27 heavy (non-hydrogen) atoms. The molecule has 0 bridgehead atoms. The highest BCUT2D eigenvalue weighted by Crippen LogP contribution is 2.27. The lowest BCUT2D eigenvalue weighted by Crippen LogP contribution is -2.28. The van der Waals surface area contributed by atoms with E-state index in [0.717, 1.165) is 26.1 Å². The van der Waals surface area contributed by atoms with Gasteiger partial charge in [0.2, 0.25) is 0 Å². The maximum atomic E-state index is 12.3. The van der Waals surface area contributed by atoms with E-state index in [9.17, 15) is 13.2 Å². The van der Waals surface area contributed by atoms with Gasteiger partial charge < -0.3 is 14.8 Å². The Balaban J connectivity index is 1.59. The summed E-state index contributed by atoms with van der Waals surface area (Å²) >= 11 is 0. The monoisotopic (exact) mass is 378 g/mol. The summed E-state index contributed by atoms with van der Waals surface area (Å²) in [6.45, 7) is 1.45. The van der Waals surface area contributed by atoms with Crippen LogP contribution in [0.25, 0.3) is 16.9 Å². The van der Waals surface area contributed by atoms with Crippen molar-refractivity contribution in [3.8, 4) is 17.0 Å². The highest BCUT2D eigenvalue weighted by molar-refractivity contribution is 5.64. The Morgan fingerprint density at radius 2 is 1.81 bits per heavy atom.